The van der Waals surface area contributed by atoms with Crippen molar-refractivity contribution in [1.29, 1.82) is 0 Å². The molecule has 12 heteroatoms. The molecule has 0 saturated heterocycles. The number of hydrogen-bond donors (Lipinski definition) is 2. The van der Waals surface area contributed by atoms with Crippen molar-refractivity contribution in [2.24, 2.45) is 0 Å². The van der Waals surface area contributed by atoms with Crippen molar-refractivity contribution in [3.8, 4) is 11.4 Å². The average molecular weight is 599 g/mol. The molecule has 4 aromatic carbocycles. The third-order valence-electron chi connectivity index (χ3n) is 6.51. The van der Waals surface area contributed by atoms with Gasteiger partial charge >= 0.3 is 6.03 Å². The Balaban J connectivity index is 1.49. The molecule has 1 heterocycles. The Labute approximate surface area is 251 Å². The summed E-state index contributed by atoms with van der Waals surface area (Å²) >= 11 is 1.37. The van der Waals surface area contributed by atoms with Crippen LogP contribution in [0.4, 0.5) is 20.6 Å². The molecule has 2 amide bonds. The van der Waals surface area contributed by atoms with Gasteiger partial charge in [0.15, 0.2) is 11.0 Å². The Morgan fingerprint density at radius 3 is 2.30 bits per heavy atom. The molecular formula is C31H27FN6O4S. The van der Waals surface area contributed by atoms with Gasteiger partial charge in [-0.2, -0.15) is 0 Å². The van der Waals surface area contributed by atoms with Crippen molar-refractivity contribution in [1.82, 2.24) is 20.1 Å². The minimum Gasteiger partial charge on any atom is -0.497 e. The molecule has 5 rings (SSSR count). The Kier molecular flexibility index (Phi) is 9.27. The van der Waals surface area contributed by atoms with Gasteiger partial charge in [-0.15, -0.1) is 10.2 Å². The zero-order valence-corrected chi connectivity index (χ0v) is 23.8. The summed E-state index contributed by atoms with van der Waals surface area (Å²) in [6.07, 6.45) is 0.393. The molecule has 2 N–H and O–H groups in total. The molecule has 0 aliphatic carbocycles. The Bertz CT molecular complexity index is 1680. The molecule has 0 aliphatic rings. The number of amides is 2. The number of nitrogens with zero attached hydrogens (tertiary/aromatic N) is 4. The van der Waals surface area contributed by atoms with Crippen LogP contribution in [-0.4, -0.2) is 32.8 Å². The number of rotatable bonds is 11. The molecule has 0 spiro atoms. The normalized spacial score (nSPS) is 11.5. The second kappa shape index (κ2) is 13.6. The van der Waals surface area contributed by atoms with Gasteiger partial charge in [-0.1, -0.05) is 54.2 Å². The summed E-state index contributed by atoms with van der Waals surface area (Å²) < 4.78 is 20.4. The topological polar surface area (TPSA) is 124 Å². The molecule has 5 aromatic rings. The number of ether oxygens (including phenoxy) is 1. The highest BCUT2D eigenvalue weighted by molar-refractivity contribution is 7.98. The molecule has 0 fully saturated rings. The van der Waals surface area contributed by atoms with E-state index < -0.39 is 17.0 Å². The number of hydrogen-bond acceptors (Lipinski definition) is 7. The van der Waals surface area contributed by atoms with E-state index >= 15 is 0 Å². The summed E-state index contributed by atoms with van der Waals surface area (Å²) in [5, 5.41) is 26.6. The number of aromatic nitrogens is 3. The maximum atomic E-state index is 13.4. The fraction of sp³-hybridized carbons (Fsp3) is 0.129. The summed E-state index contributed by atoms with van der Waals surface area (Å²) in [7, 11) is 1.57. The van der Waals surface area contributed by atoms with Gasteiger partial charge < -0.3 is 15.4 Å². The fourth-order valence-corrected chi connectivity index (χ4v) is 5.27. The second-order valence-corrected chi connectivity index (χ2v) is 10.4. The molecule has 1 unspecified atom stereocenters. The van der Waals surface area contributed by atoms with Gasteiger partial charge in [0.2, 0.25) is 0 Å². The summed E-state index contributed by atoms with van der Waals surface area (Å²) in [6, 6.07) is 27.7. The number of halogens is 1. The minimum atomic E-state index is -0.636. The molecule has 0 saturated carbocycles. The maximum absolute atomic E-state index is 13.4. The van der Waals surface area contributed by atoms with Crippen LogP contribution in [0.3, 0.4) is 0 Å². The van der Waals surface area contributed by atoms with E-state index in [2.05, 4.69) is 20.8 Å². The number of carbonyl (C=O) groups excluding carboxylic acids is 1. The Morgan fingerprint density at radius 2 is 1.65 bits per heavy atom. The van der Waals surface area contributed by atoms with Crippen molar-refractivity contribution in [2.45, 2.75) is 23.4 Å². The van der Waals surface area contributed by atoms with Crippen LogP contribution in [0.2, 0.25) is 0 Å². The molecule has 0 bridgehead atoms. The number of carbonyl (C=O) groups is 1. The van der Waals surface area contributed by atoms with E-state index in [9.17, 15) is 19.3 Å². The molecule has 0 radical (unpaired) electrons. The van der Waals surface area contributed by atoms with Gasteiger partial charge in [-0.3, -0.25) is 14.7 Å². The maximum Gasteiger partial charge on any atom is 0.319 e. The standard InChI is InChI=1S/C31H27FN6O4S/c1-42-27-17-11-24(12-18-27)33-30(39)34-28(19-21-5-3-2-4-6-21)29-35-36-31(43-20-22-7-9-23(32)10-8-22)37(29)25-13-15-26(16-14-25)38(40)41/h2-18,28H,19-20H2,1H3,(H2,33,34,39). The third kappa shape index (κ3) is 7.54. The van der Waals surface area contributed by atoms with E-state index in [0.29, 0.717) is 40.3 Å². The summed E-state index contributed by atoms with van der Waals surface area (Å²) in [5.41, 5.74) is 2.93. The largest absolute Gasteiger partial charge is 0.497 e. The number of nitro groups is 1. The smallest absolute Gasteiger partial charge is 0.319 e. The summed E-state index contributed by atoms with van der Waals surface area (Å²) in [4.78, 5) is 24.1. The number of anilines is 1. The number of thioether (sulfide) groups is 1. The van der Waals surface area contributed by atoms with Gasteiger partial charge in [0, 0.05) is 35.7 Å². The van der Waals surface area contributed by atoms with Gasteiger partial charge in [0.25, 0.3) is 5.69 Å². The van der Waals surface area contributed by atoms with Crippen molar-refractivity contribution in [3.05, 3.63) is 136 Å². The van der Waals surface area contributed by atoms with Crippen LogP contribution in [-0.2, 0) is 12.2 Å². The number of urea groups is 1. The lowest BCUT2D eigenvalue weighted by molar-refractivity contribution is -0.384. The van der Waals surface area contributed by atoms with E-state index in [1.165, 1.54) is 36.0 Å². The average Bonchev–Trinajstić information content (AvgIpc) is 3.45. The predicted molar refractivity (Wildman–Crippen MR) is 162 cm³/mol. The first-order valence-corrected chi connectivity index (χ1v) is 14.2. The van der Waals surface area contributed by atoms with Crippen LogP contribution >= 0.6 is 11.8 Å². The SMILES string of the molecule is COc1ccc(NC(=O)NC(Cc2ccccc2)c2nnc(SCc3ccc(F)cc3)n2-c2ccc([N+](=O)[O-])cc2)cc1. The van der Waals surface area contributed by atoms with E-state index in [4.69, 9.17) is 4.74 Å². The minimum absolute atomic E-state index is 0.0586. The van der Waals surface area contributed by atoms with Crippen molar-refractivity contribution < 1.29 is 18.8 Å². The molecule has 10 nitrogen and oxygen atoms in total. The summed E-state index contributed by atoms with van der Waals surface area (Å²) in [6.45, 7) is 0. The fourth-order valence-electron chi connectivity index (χ4n) is 4.35. The van der Waals surface area contributed by atoms with Gasteiger partial charge in [0.1, 0.15) is 11.6 Å². The lowest BCUT2D eigenvalue weighted by Gasteiger charge is -2.20. The lowest BCUT2D eigenvalue weighted by atomic mass is 10.1. The van der Waals surface area contributed by atoms with E-state index in [-0.39, 0.29) is 11.5 Å². The first-order valence-electron chi connectivity index (χ1n) is 13.2. The zero-order valence-electron chi connectivity index (χ0n) is 23.0. The van der Waals surface area contributed by atoms with Crippen LogP contribution in [0.1, 0.15) is 23.0 Å². The Hall–Kier alpha value is -5.23. The monoisotopic (exact) mass is 598 g/mol. The second-order valence-electron chi connectivity index (χ2n) is 9.43. The van der Waals surface area contributed by atoms with Crippen LogP contribution in [0, 0.1) is 15.9 Å². The first-order chi connectivity index (χ1) is 20.9. The molecule has 43 heavy (non-hydrogen) atoms. The van der Waals surface area contributed by atoms with Gasteiger partial charge in [-0.05, 0) is 59.7 Å². The number of nitrogens with one attached hydrogen (secondary N) is 2. The highest BCUT2D eigenvalue weighted by Crippen LogP contribution is 2.30. The van der Waals surface area contributed by atoms with Crippen LogP contribution in [0.15, 0.2) is 108 Å². The molecule has 0 aliphatic heterocycles. The van der Waals surface area contributed by atoms with E-state index in [0.717, 1.165) is 11.1 Å². The lowest BCUT2D eigenvalue weighted by Crippen LogP contribution is -2.35. The Morgan fingerprint density at radius 1 is 0.953 bits per heavy atom. The molecule has 1 atom stereocenters. The van der Waals surface area contributed by atoms with Crippen molar-refractivity contribution in [2.75, 3.05) is 12.4 Å². The highest BCUT2D eigenvalue weighted by Gasteiger charge is 2.25. The van der Waals surface area contributed by atoms with Crippen molar-refractivity contribution >= 4 is 29.2 Å². The quantitative estimate of drug-likeness (QED) is 0.0982. The van der Waals surface area contributed by atoms with Crippen LogP contribution in [0.25, 0.3) is 5.69 Å². The molecular weight excluding hydrogens is 571 g/mol. The number of non-ortho nitro benzene ring substituents is 1. The molecule has 218 valence electrons. The van der Waals surface area contributed by atoms with E-state index in [1.807, 2.05) is 30.3 Å². The number of methoxy groups -OCH3 is 1. The number of benzene rings is 4. The van der Waals surface area contributed by atoms with Crippen LogP contribution in [0.5, 0.6) is 5.75 Å². The highest BCUT2D eigenvalue weighted by atomic mass is 32.2. The zero-order chi connectivity index (χ0) is 30.2. The number of nitro benzene ring substituents is 1. The predicted octanol–water partition coefficient (Wildman–Crippen LogP) is 6.72. The third-order valence-corrected chi connectivity index (χ3v) is 7.51. The van der Waals surface area contributed by atoms with Crippen LogP contribution < -0.4 is 15.4 Å². The summed E-state index contributed by atoms with van der Waals surface area (Å²) in [5.74, 6) is 1.24. The van der Waals surface area contributed by atoms with Gasteiger partial charge in [0.05, 0.1) is 18.1 Å². The van der Waals surface area contributed by atoms with Crippen molar-refractivity contribution in [3.63, 3.8) is 0 Å². The van der Waals surface area contributed by atoms with E-state index in [1.54, 1.807) is 60.2 Å². The van der Waals surface area contributed by atoms with Gasteiger partial charge in [-0.25, -0.2) is 9.18 Å². The molecule has 1 aromatic heterocycles. The first kappa shape index (κ1) is 29.3.